The van der Waals surface area contributed by atoms with Crippen molar-refractivity contribution < 1.29 is 4.79 Å². The molecular weight excluding hydrogens is 286 g/mol. The van der Waals surface area contributed by atoms with Gasteiger partial charge >= 0.3 is 0 Å². The number of hydrogen-bond acceptors (Lipinski definition) is 2. The highest BCUT2D eigenvalue weighted by Crippen LogP contribution is 2.40. The first-order valence-electron chi connectivity index (χ1n) is 8.72. The summed E-state index contributed by atoms with van der Waals surface area (Å²) in [5, 5.41) is 4.25. The smallest absolute Gasteiger partial charge is 0.237 e. The van der Waals surface area contributed by atoms with E-state index in [0.29, 0.717) is 11.8 Å². The first-order chi connectivity index (χ1) is 11.1. The monoisotopic (exact) mass is 313 g/mol. The van der Waals surface area contributed by atoms with Crippen molar-refractivity contribution in [3.8, 4) is 0 Å². The van der Waals surface area contributed by atoms with Gasteiger partial charge in [-0.15, -0.1) is 0 Å². The molecule has 1 saturated carbocycles. The van der Waals surface area contributed by atoms with Gasteiger partial charge in [-0.2, -0.15) is 0 Å². The molecule has 0 radical (unpaired) electrons. The number of carbonyl (C=O) groups excluding carboxylic acids is 1. The van der Waals surface area contributed by atoms with Crippen LogP contribution in [0.25, 0.3) is 10.9 Å². The maximum absolute atomic E-state index is 12.4. The van der Waals surface area contributed by atoms with E-state index in [1.807, 2.05) is 24.4 Å². The van der Waals surface area contributed by atoms with Crippen LogP contribution in [0.4, 0.5) is 0 Å². The number of carbonyl (C=O) groups is 1. The Hall–Kier alpha value is -1.81. The van der Waals surface area contributed by atoms with Crippen molar-refractivity contribution in [1.82, 2.24) is 10.3 Å². The number of H-pyrrole nitrogens is 1. The van der Waals surface area contributed by atoms with Gasteiger partial charge in [0.05, 0.1) is 6.04 Å². The lowest BCUT2D eigenvalue weighted by molar-refractivity contribution is -0.122. The highest BCUT2D eigenvalue weighted by molar-refractivity contribution is 5.86. The first kappa shape index (κ1) is 16.1. The highest BCUT2D eigenvalue weighted by Gasteiger charge is 2.32. The Morgan fingerprint density at radius 3 is 2.83 bits per heavy atom. The summed E-state index contributed by atoms with van der Waals surface area (Å²) in [5.41, 5.74) is 8.64. The minimum Gasteiger partial charge on any atom is -0.361 e. The molecule has 1 aliphatic carbocycles. The topological polar surface area (TPSA) is 70.9 Å². The van der Waals surface area contributed by atoms with Crippen LogP contribution in [0.2, 0.25) is 0 Å². The number of nitrogens with one attached hydrogen (secondary N) is 2. The minimum atomic E-state index is -0.496. The Balaban J connectivity index is 1.59. The largest absolute Gasteiger partial charge is 0.361 e. The van der Waals surface area contributed by atoms with Gasteiger partial charge < -0.3 is 16.0 Å². The summed E-state index contributed by atoms with van der Waals surface area (Å²) >= 11 is 0. The second-order valence-electron chi connectivity index (χ2n) is 6.95. The van der Waals surface area contributed by atoms with Gasteiger partial charge in [-0.05, 0) is 42.7 Å². The van der Waals surface area contributed by atoms with Crippen molar-refractivity contribution in [2.24, 2.45) is 11.1 Å². The Morgan fingerprint density at radius 2 is 2.09 bits per heavy atom. The van der Waals surface area contributed by atoms with Crippen molar-refractivity contribution in [3.05, 3.63) is 36.0 Å². The van der Waals surface area contributed by atoms with Crippen molar-refractivity contribution in [1.29, 1.82) is 0 Å². The van der Waals surface area contributed by atoms with E-state index in [-0.39, 0.29) is 5.91 Å². The van der Waals surface area contributed by atoms with E-state index in [4.69, 9.17) is 5.73 Å². The molecule has 0 saturated heterocycles. The molecule has 0 spiro atoms. The summed E-state index contributed by atoms with van der Waals surface area (Å²) < 4.78 is 0. The van der Waals surface area contributed by atoms with E-state index < -0.39 is 6.04 Å². The van der Waals surface area contributed by atoms with Crippen molar-refractivity contribution in [2.75, 3.05) is 6.54 Å². The van der Waals surface area contributed by atoms with Crippen LogP contribution < -0.4 is 11.1 Å². The van der Waals surface area contributed by atoms with Crippen LogP contribution in [0, 0.1) is 5.41 Å². The molecule has 2 aromatic rings. The predicted octanol–water partition coefficient (Wildman–Crippen LogP) is 3.12. The highest BCUT2D eigenvalue weighted by atomic mass is 16.2. The zero-order valence-electron chi connectivity index (χ0n) is 13.9. The summed E-state index contributed by atoms with van der Waals surface area (Å²) in [6.07, 6.45) is 8.67. The van der Waals surface area contributed by atoms with E-state index in [0.717, 1.165) is 29.4 Å². The fourth-order valence-electron chi connectivity index (χ4n) is 3.82. The summed E-state index contributed by atoms with van der Waals surface area (Å²) in [7, 11) is 0. The van der Waals surface area contributed by atoms with Crippen molar-refractivity contribution in [3.63, 3.8) is 0 Å². The Labute approximate surface area is 137 Å². The predicted molar refractivity (Wildman–Crippen MR) is 94.2 cm³/mol. The average molecular weight is 313 g/mol. The number of fused-ring (bicyclic) bond motifs is 1. The molecule has 23 heavy (non-hydrogen) atoms. The molecular formula is C19H27N3O. The van der Waals surface area contributed by atoms with E-state index in [2.05, 4.69) is 23.3 Å². The SMILES string of the molecule is CCC1(CNC(=O)[C@@H](N)Cc2c[nH]c3ccccc23)CCCC1. The molecule has 4 nitrogen and oxygen atoms in total. The molecule has 0 bridgehead atoms. The fraction of sp³-hybridized carbons (Fsp3) is 0.526. The third-order valence-electron chi connectivity index (χ3n) is 5.50. The molecule has 1 atom stereocenters. The molecule has 0 aliphatic heterocycles. The lowest BCUT2D eigenvalue weighted by atomic mass is 9.83. The van der Waals surface area contributed by atoms with Crippen LogP contribution in [-0.4, -0.2) is 23.5 Å². The third-order valence-corrected chi connectivity index (χ3v) is 5.50. The molecule has 1 fully saturated rings. The van der Waals surface area contributed by atoms with Gasteiger partial charge in [0, 0.05) is 23.6 Å². The molecule has 3 rings (SSSR count). The number of aromatic nitrogens is 1. The van der Waals surface area contributed by atoms with Gasteiger partial charge in [0.25, 0.3) is 0 Å². The molecule has 1 aromatic heterocycles. The number of hydrogen-bond donors (Lipinski definition) is 3. The van der Waals surface area contributed by atoms with Gasteiger partial charge in [-0.1, -0.05) is 38.0 Å². The summed E-state index contributed by atoms with van der Waals surface area (Å²) in [6.45, 7) is 2.99. The number of benzene rings is 1. The number of rotatable bonds is 6. The van der Waals surface area contributed by atoms with E-state index >= 15 is 0 Å². The molecule has 1 aliphatic rings. The summed E-state index contributed by atoms with van der Waals surface area (Å²) in [5.74, 6) is -0.0324. The molecule has 4 N–H and O–H groups in total. The molecule has 1 amide bonds. The lowest BCUT2D eigenvalue weighted by Gasteiger charge is -2.28. The second-order valence-corrected chi connectivity index (χ2v) is 6.95. The van der Waals surface area contributed by atoms with E-state index in [9.17, 15) is 4.79 Å². The zero-order valence-corrected chi connectivity index (χ0v) is 13.9. The van der Waals surface area contributed by atoms with Gasteiger partial charge in [0.1, 0.15) is 0 Å². The van der Waals surface area contributed by atoms with Gasteiger partial charge in [0.2, 0.25) is 5.91 Å². The third kappa shape index (κ3) is 3.42. The second kappa shape index (κ2) is 6.75. The normalized spacial score (nSPS) is 18.2. The Bertz CT molecular complexity index is 670. The standard InChI is InChI=1S/C19H27N3O/c1-2-19(9-5-6-10-19)13-22-18(23)16(20)11-14-12-21-17-8-4-3-7-15(14)17/h3-4,7-8,12,16,21H,2,5-6,9-11,13,20H2,1H3,(H,22,23)/t16-/m0/s1. The van der Waals surface area contributed by atoms with Crippen LogP contribution in [0.15, 0.2) is 30.5 Å². The Morgan fingerprint density at radius 1 is 1.35 bits per heavy atom. The minimum absolute atomic E-state index is 0.0324. The first-order valence-corrected chi connectivity index (χ1v) is 8.72. The van der Waals surface area contributed by atoms with Gasteiger partial charge in [-0.25, -0.2) is 0 Å². The zero-order chi connectivity index (χ0) is 16.3. The summed E-state index contributed by atoms with van der Waals surface area (Å²) in [6, 6.07) is 7.62. The van der Waals surface area contributed by atoms with Crippen LogP contribution in [-0.2, 0) is 11.2 Å². The molecule has 124 valence electrons. The quantitative estimate of drug-likeness (QED) is 0.767. The molecule has 1 heterocycles. The average Bonchev–Trinajstić information content (AvgIpc) is 3.21. The van der Waals surface area contributed by atoms with Gasteiger partial charge in [-0.3, -0.25) is 4.79 Å². The lowest BCUT2D eigenvalue weighted by Crippen LogP contribution is -2.45. The number of nitrogens with two attached hydrogens (primary N) is 1. The van der Waals surface area contributed by atoms with Crippen LogP contribution >= 0.6 is 0 Å². The maximum Gasteiger partial charge on any atom is 0.237 e. The van der Waals surface area contributed by atoms with E-state index in [1.54, 1.807) is 0 Å². The van der Waals surface area contributed by atoms with Crippen LogP contribution in [0.3, 0.4) is 0 Å². The maximum atomic E-state index is 12.4. The Kier molecular flexibility index (Phi) is 4.71. The van der Waals surface area contributed by atoms with Crippen LogP contribution in [0.5, 0.6) is 0 Å². The summed E-state index contributed by atoms with van der Waals surface area (Å²) in [4.78, 5) is 15.6. The van der Waals surface area contributed by atoms with Crippen molar-refractivity contribution in [2.45, 2.75) is 51.5 Å². The number of amides is 1. The molecule has 1 aromatic carbocycles. The molecule has 4 heteroatoms. The fourth-order valence-corrected chi connectivity index (χ4v) is 3.82. The van der Waals surface area contributed by atoms with Crippen molar-refractivity contribution >= 4 is 16.8 Å². The number of para-hydroxylation sites is 1. The van der Waals surface area contributed by atoms with E-state index in [1.165, 1.54) is 25.7 Å². The van der Waals surface area contributed by atoms with Gasteiger partial charge in [0.15, 0.2) is 0 Å². The van der Waals surface area contributed by atoms with Crippen LogP contribution in [0.1, 0.15) is 44.6 Å². The number of aromatic amines is 1. The molecule has 0 unspecified atom stereocenters.